The minimum Gasteiger partial charge on any atom is -0.377 e. The Hall–Kier alpha value is -3.42. The number of fused-ring (bicyclic) bond motifs is 5. The van der Waals surface area contributed by atoms with Gasteiger partial charge in [0.05, 0.1) is 28.0 Å². The molecule has 0 saturated carbocycles. The van der Waals surface area contributed by atoms with Crippen LogP contribution in [-0.4, -0.2) is 19.8 Å². The number of aryl methyl sites for hydroxylation is 2. The molecule has 1 spiro atoms. The van der Waals surface area contributed by atoms with E-state index in [0.29, 0.717) is 13.2 Å². The summed E-state index contributed by atoms with van der Waals surface area (Å²) in [7, 11) is 0. The van der Waals surface area contributed by atoms with Gasteiger partial charge in [0.1, 0.15) is 0 Å². The van der Waals surface area contributed by atoms with Crippen LogP contribution in [0.5, 0.6) is 0 Å². The molecule has 4 nitrogen and oxygen atoms in total. The summed E-state index contributed by atoms with van der Waals surface area (Å²) in [5.74, 6) is -0.790. The maximum Gasteiger partial charge on any atom is 0.225 e. The molecule has 1 saturated heterocycles. The van der Waals surface area contributed by atoms with Crippen LogP contribution >= 0.6 is 22.7 Å². The van der Waals surface area contributed by atoms with Crippen LogP contribution in [0.1, 0.15) is 74.1 Å². The quantitative estimate of drug-likeness (QED) is 0.137. The first kappa shape index (κ1) is 31.2. The third-order valence-electron chi connectivity index (χ3n) is 9.10. The number of nitrogens with one attached hydrogen (secondary N) is 1. The molecule has 3 aromatic carbocycles. The minimum absolute atomic E-state index is 0.711. The standard InChI is InChI=1S/C40H44N2O2S2/c1-4-5-6-7-8-9-23-41-37-27-35-39(46-37)38-34(40(35)43-24-10-25-44-40)26-36(45-38)30-15-21-33(22-16-30)42(31-17-11-28(2)12-18-31)32-19-13-29(3)14-20-32/h11-22,26-27,41H,4-10,23-25H2,1-3H3. The summed E-state index contributed by atoms with van der Waals surface area (Å²) in [5.41, 5.74) is 9.51. The van der Waals surface area contributed by atoms with Crippen molar-refractivity contribution in [1.82, 2.24) is 0 Å². The van der Waals surface area contributed by atoms with Crippen molar-refractivity contribution in [3.63, 3.8) is 0 Å². The molecule has 0 amide bonds. The average Bonchev–Trinajstić information content (AvgIpc) is 3.77. The Bertz CT molecular complexity index is 1700. The van der Waals surface area contributed by atoms with E-state index >= 15 is 0 Å². The van der Waals surface area contributed by atoms with E-state index in [1.54, 1.807) is 0 Å². The molecule has 1 aliphatic heterocycles. The van der Waals surface area contributed by atoms with Crippen molar-refractivity contribution in [3.05, 3.63) is 107 Å². The summed E-state index contributed by atoms with van der Waals surface area (Å²) in [5, 5.41) is 4.93. The molecule has 1 N–H and O–H groups in total. The molecular weight excluding hydrogens is 605 g/mol. The number of rotatable bonds is 12. The van der Waals surface area contributed by atoms with Gasteiger partial charge in [-0.1, -0.05) is 86.6 Å². The third kappa shape index (κ3) is 6.16. The summed E-state index contributed by atoms with van der Waals surface area (Å²) in [4.78, 5) is 6.15. The molecule has 0 atom stereocenters. The molecule has 46 heavy (non-hydrogen) atoms. The Labute approximate surface area is 282 Å². The smallest absolute Gasteiger partial charge is 0.225 e. The van der Waals surface area contributed by atoms with Crippen LogP contribution in [0.4, 0.5) is 22.1 Å². The lowest BCUT2D eigenvalue weighted by molar-refractivity contribution is -0.246. The van der Waals surface area contributed by atoms with E-state index in [-0.39, 0.29) is 0 Å². The Morgan fingerprint density at radius 2 is 1.22 bits per heavy atom. The highest BCUT2D eigenvalue weighted by Crippen LogP contribution is 2.59. The van der Waals surface area contributed by atoms with Crippen LogP contribution in [0.25, 0.3) is 20.2 Å². The normalized spacial score (nSPS) is 14.8. The maximum absolute atomic E-state index is 6.54. The lowest BCUT2D eigenvalue weighted by atomic mass is 10.0. The first-order valence-electron chi connectivity index (χ1n) is 16.9. The molecular formula is C40H44N2O2S2. The topological polar surface area (TPSA) is 33.7 Å². The fourth-order valence-corrected chi connectivity index (χ4v) is 9.04. The van der Waals surface area contributed by atoms with E-state index in [9.17, 15) is 0 Å². The lowest BCUT2D eigenvalue weighted by Crippen LogP contribution is -2.37. The minimum atomic E-state index is -0.790. The number of hydrogen-bond donors (Lipinski definition) is 1. The van der Waals surface area contributed by atoms with Gasteiger partial charge in [0.15, 0.2) is 0 Å². The molecule has 1 aliphatic carbocycles. The van der Waals surface area contributed by atoms with Gasteiger partial charge in [-0.05, 0) is 80.8 Å². The predicted octanol–water partition coefficient (Wildman–Crippen LogP) is 12.0. The fraction of sp³-hybridized carbons (Fsp3) is 0.350. The van der Waals surface area contributed by atoms with Crippen LogP contribution in [0.15, 0.2) is 84.9 Å². The van der Waals surface area contributed by atoms with Crippen molar-refractivity contribution in [1.29, 1.82) is 0 Å². The Morgan fingerprint density at radius 3 is 1.85 bits per heavy atom. The highest BCUT2D eigenvalue weighted by molar-refractivity contribution is 7.26. The van der Waals surface area contributed by atoms with Crippen molar-refractivity contribution in [2.75, 3.05) is 30.0 Å². The zero-order valence-electron chi connectivity index (χ0n) is 27.2. The molecule has 1 fully saturated rings. The molecule has 2 aliphatic rings. The van der Waals surface area contributed by atoms with Gasteiger partial charge in [0.2, 0.25) is 5.79 Å². The van der Waals surface area contributed by atoms with Crippen LogP contribution < -0.4 is 10.2 Å². The van der Waals surface area contributed by atoms with E-state index in [2.05, 4.69) is 116 Å². The number of nitrogens with zero attached hydrogens (tertiary/aromatic N) is 1. The van der Waals surface area contributed by atoms with E-state index in [1.807, 2.05) is 22.7 Å². The summed E-state index contributed by atoms with van der Waals surface area (Å²) in [6.07, 6.45) is 8.76. The van der Waals surface area contributed by atoms with E-state index < -0.39 is 5.79 Å². The maximum atomic E-state index is 6.54. The van der Waals surface area contributed by atoms with Gasteiger partial charge in [-0.15, -0.1) is 22.7 Å². The van der Waals surface area contributed by atoms with Crippen LogP contribution in [0.2, 0.25) is 0 Å². The first-order chi connectivity index (χ1) is 22.6. The Balaban J connectivity index is 1.16. The number of anilines is 4. The number of benzene rings is 3. The van der Waals surface area contributed by atoms with Gasteiger partial charge >= 0.3 is 0 Å². The molecule has 0 bridgehead atoms. The van der Waals surface area contributed by atoms with Gasteiger partial charge in [-0.2, -0.15) is 0 Å². The fourth-order valence-electron chi connectivity index (χ4n) is 6.55. The number of unbranched alkanes of at least 4 members (excludes halogenated alkanes) is 5. The molecule has 6 heteroatoms. The zero-order chi connectivity index (χ0) is 31.5. The van der Waals surface area contributed by atoms with Gasteiger partial charge in [0.25, 0.3) is 0 Å². The zero-order valence-corrected chi connectivity index (χ0v) is 28.9. The Morgan fingerprint density at radius 1 is 0.674 bits per heavy atom. The molecule has 7 rings (SSSR count). The number of hydrogen-bond acceptors (Lipinski definition) is 6. The molecule has 5 aromatic rings. The van der Waals surface area contributed by atoms with Crippen molar-refractivity contribution < 1.29 is 9.47 Å². The van der Waals surface area contributed by atoms with Crippen LogP contribution in [0.3, 0.4) is 0 Å². The van der Waals surface area contributed by atoms with E-state index in [1.165, 1.54) is 86.0 Å². The lowest BCUT2D eigenvalue weighted by Gasteiger charge is -2.34. The molecule has 0 radical (unpaired) electrons. The van der Waals surface area contributed by atoms with Crippen molar-refractivity contribution in [3.8, 4) is 20.2 Å². The van der Waals surface area contributed by atoms with Crippen molar-refractivity contribution in [2.24, 2.45) is 0 Å². The number of ether oxygens (including phenoxy) is 2. The second-order valence-electron chi connectivity index (χ2n) is 12.6. The van der Waals surface area contributed by atoms with Crippen molar-refractivity contribution in [2.45, 2.75) is 71.5 Å². The SMILES string of the molecule is CCCCCCCCNc1cc2c(s1)-c1sc(-c3ccc(N(c4ccc(C)cc4)c4ccc(C)cc4)cc3)cc1C21OCCCO1. The molecule has 3 heterocycles. The molecule has 2 aromatic heterocycles. The second kappa shape index (κ2) is 13.7. The summed E-state index contributed by atoms with van der Waals surface area (Å²) < 4.78 is 13.1. The van der Waals surface area contributed by atoms with Gasteiger partial charge in [0, 0.05) is 39.6 Å². The predicted molar refractivity (Wildman–Crippen MR) is 196 cm³/mol. The van der Waals surface area contributed by atoms with Gasteiger partial charge in [-0.3, -0.25) is 0 Å². The van der Waals surface area contributed by atoms with E-state index in [0.717, 1.165) is 30.0 Å². The molecule has 238 valence electrons. The monoisotopic (exact) mass is 648 g/mol. The first-order valence-corrected chi connectivity index (χ1v) is 18.5. The Kier molecular flexibility index (Phi) is 9.32. The summed E-state index contributed by atoms with van der Waals surface area (Å²) in [6, 6.07) is 31.1. The second-order valence-corrected chi connectivity index (χ2v) is 14.7. The number of thiophene rings is 2. The van der Waals surface area contributed by atoms with E-state index in [4.69, 9.17) is 9.47 Å². The summed E-state index contributed by atoms with van der Waals surface area (Å²) in [6.45, 7) is 8.97. The summed E-state index contributed by atoms with van der Waals surface area (Å²) >= 11 is 3.71. The highest BCUT2D eigenvalue weighted by Gasteiger charge is 2.50. The molecule has 0 unspecified atom stereocenters. The van der Waals surface area contributed by atoms with Crippen LogP contribution in [-0.2, 0) is 15.3 Å². The largest absolute Gasteiger partial charge is 0.377 e. The van der Waals surface area contributed by atoms with Gasteiger partial charge < -0.3 is 19.7 Å². The van der Waals surface area contributed by atoms with Crippen LogP contribution in [0, 0.1) is 13.8 Å². The van der Waals surface area contributed by atoms with Gasteiger partial charge in [-0.25, -0.2) is 0 Å². The highest BCUT2D eigenvalue weighted by atomic mass is 32.1. The van der Waals surface area contributed by atoms with Crippen molar-refractivity contribution >= 4 is 44.7 Å². The third-order valence-corrected chi connectivity index (χ3v) is 11.5. The average molecular weight is 649 g/mol.